The Hall–Kier alpha value is -18.2. The van der Waals surface area contributed by atoms with E-state index in [0.29, 0.717) is 30.5 Å². The summed E-state index contributed by atoms with van der Waals surface area (Å²) in [6.45, 7) is 12.9. The Kier molecular flexibility index (Phi) is 64.9. The number of ether oxygens (including phenoxy) is 1. The van der Waals surface area contributed by atoms with Crippen LogP contribution in [-0.2, 0) is 63.5 Å². The summed E-state index contributed by atoms with van der Waals surface area (Å²) in [5.74, 6) is -0.966. The smallest absolute Gasteiger partial charge is 0.293 e. The largest absolute Gasteiger partial charge is 0.508 e. The number of quaternary nitrogens is 1. The molecule has 0 spiro atoms. The minimum atomic E-state index is -1.36. The average Bonchev–Trinajstić information content (AvgIpc) is 1.52. The van der Waals surface area contributed by atoms with Gasteiger partial charge in [0, 0.05) is 422 Å². The van der Waals surface area contributed by atoms with Crippen molar-refractivity contribution in [3.8, 4) is 5.75 Å². The fraction of sp³-hybridized carbons (Fsp3) is 0.608. The molecule has 4 aliphatic heterocycles. The van der Waals surface area contributed by atoms with Crippen molar-refractivity contribution in [1.82, 2.24) is 63.8 Å². The zero-order valence-corrected chi connectivity index (χ0v) is 73.0. The van der Waals surface area contributed by atoms with Gasteiger partial charge in [-0.25, -0.2) is 5.84 Å². The number of benzene rings is 2. The number of hydrogen-bond acceptors (Lipinski definition) is 19. The number of unbranched alkanes of at least 4 members (excludes halogenated alkanes) is 1. The molecule has 21 N–H and O–H groups in total. The van der Waals surface area contributed by atoms with Gasteiger partial charge in [-0.3, -0.25) is 38.6 Å². The van der Waals surface area contributed by atoms with Gasteiger partial charge >= 0.3 is 0 Å². The number of Topliss-reactive ketones (excluding diaryl/α,β-unsaturated/α-hetero) is 1. The van der Waals surface area contributed by atoms with E-state index >= 15 is 0 Å². The van der Waals surface area contributed by atoms with Gasteiger partial charge in [-0.1, -0.05) is 31.2 Å². The number of nitrogens with one attached hydrogen (secondary N) is 13. The van der Waals surface area contributed by atoms with E-state index in [-0.39, 0.29) is 104 Å². The van der Waals surface area contributed by atoms with Crippen LogP contribution in [0.25, 0.3) is 0 Å². The topological polar surface area (TPSA) is 1160 Å². The van der Waals surface area contributed by atoms with Gasteiger partial charge in [-0.2, -0.15) is 5.53 Å². The number of nitrogens with zero attached hydrogens (tertiary/aromatic N) is 62. The summed E-state index contributed by atoms with van der Waals surface area (Å²) in [4.78, 5) is 97.1. The Bertz CT molecular complexity index is 4930. The summed E-state index contributed by atoms with van der Waals surface area (Å²) < 4.78 is 4.84. The second-order valence-electron chi connectivity index (χ2n) is 25.5. The predicted molar refractivity (Wildman–Crippen MR) is 437 cm³/mol. The van der Waals surface area contributed by atoms with E-state index in [9.17, 15) is 38.7 Å². The number of amides is 5. The van der Waals surface area contributed by atoms with E-state index in [0.717, 1.165) is 84.1 Å². The third-order valence-corrected chi connectivity index (χ3v) is 15.9. The molecular weight excluding hydrogens is 1910 g/mol. The molecule has 4 aliphatic rings. The van der Waals surface area contributed by atoms with Crippen LogP contribution in [0.2, 0.25) is 0 Å². The fourth-order valence-electron chi connectivity index (χ4n) is 10.1. The molecule has 0 unspecified atom stereocenters. The number of ketones is 1. The fourth-order valence-corrected chi connectivity index (χ4v) is 10.1. The molecule has 2 aromatic rings. The van der Waals surface area contributed by atoms with Crippen molar-refractivity contribution >= 4 is 47.8 Å². The number of carbonyl (C=O) groups is 7. The Balaban J connectivity index is 0.000000723. The van der Waals surface area contributed by atoms with Crippen LogP contribution in [0.3, 0.4) is 0 Å². The Morgan fingerprint density at radius 2 is 0.741 bits per heavy atom. The van der Waals surface area contributed by atoms with Gasteiger partial charge in [-0.05, 0) is 109 Å². The van der Waals surface area contributed by atoms with Gasteiger partial charge in [0.25, 0.3) is 12.4 Å². The second kappa shape index (κ2) is 78.5. The van der Waals surface area contributed by atoms with E-state index in [1.807, 2.05) is 12.1 Å². The van der Waals surface area contributed by atoms with Gasteiger partial charge in [-0.15, -0.1) is 0 Å². The number of carbonyl (C=O) groups excluding carboxylic acids is 7. The number of fused-ring (bicyclic) bond motifs is 15. The zero-order chi connectivity index (χ0) is 99.0. The van der Waals surface area contributed by atoms with Gasteiger partial charge in [0.2, 0.25) is 23.6 Å². The quantitative estimate of drug-likeness (QED) is 0.00627. The second-order valence-corrected chi connectivity index (χ2v) is 25.5. The van der Waals surface area contributed by atoms with Crippen LogP contribution in [0.4, 0.5) is 0 Å². The molecule has 2 bridgehead atoms. The van der Waals surface area contributed by atoms with E-state index in [1.54, 1.807) is 24.3 Å². The van der Waals surface area contributed by atoms with Gasteiger partial charge in [0.05, 0.1) is 5.54 Å². The molecule has 4 fully saturated rings. The van der Waals surface area contributed by atoms with Crippen molar-refractivity contribution in [2.24, 2.45) is 340 Å². The molecule has 87 nitrogen and oxygen atoms in total. The molecular formula is C51H85CuN78O9+. The van der Waals surface area contributed by atoms with Crippen molar-refractivity contribution in [2.75, 3.05) is 98.2 Å². The van der Waals surface area contributed by atoms with Gasteiger partial charge in [0.1, 0.15) is 36.5 Å². The van der Waals surface area contributed by atoms with Crippen molar-refractivity contribution in [2.45, 2.75) is 94.5 Å². The molecule has 5 amide bonds. The maximum absolute atomic E-state index is 14.2. The van der Waals surface area contributed by atoms with Crippen LogP contribution in [0.15, 0.2) is 372 Å². The Morgan fingerprint density at radius 1 is 0.424 bits per heavy atom. The first kappa shape index (κ1) is 115. The van der Waals surface area contributed by atoms with Gasteiger partial charge < -0.3 is 85.1 Å². The summed E-state index contributed by atoms with van der Waals surface area (Å²) in [6, 6.07) is 8.35. The van der Waals surface area contributed by atoms with E-state index in [2.05, 4.69) is 400 Å². The molecule has 4 atom stereocenters. The Morgan fingerprint density at radius 3 is 1.09 bits per heavy atom. The SMILES string of the molecule is CC12CNCCNCC(NCc3ccc(C(=O)NCCCC[C@H]4NC(=O)[C@@H](CCCN=C(N)N)NC(=O)CCC(=O)[C@@H](COC=O)NC(=O)[C@H](Cc5ccc(O)cc5)NC4=O)cc3)(CNCCNC1)CNCCNC2.N=N/N=N/N=N/N=N/N=N/N=N/N=N/N=N/N=N/N=N/N=N/N=N/N=N/N=N/N=N/N=N/N=N/N=N/N=N/N=N/N=N/N=N/N=N/N=N/N=N/N=N/N=N/N=N/N=N/N=N/N=N/[NH3+].[Cu]. The van der Waals surface area contributed by atoms with Crippen molar-refractivity contribution < 1.29 is 66.3 Å². The standard InChI is InChI=1S/C51H81N15O9.Cu.H3N63/c1-50-28-54-19-22-57-31-51(32-58-23-20-55-29-50,33-59-24-21-56-30-50)62-26-36-7-11-37(12-8-36)45(71)60-17-3-2-5-40-47(73)65-41(25-35-9-13-38(68)14-10-35)48(74)66-42(27-75-34-67)43(69)15-16-44(70)63-39(46(72)64-40)6-4-18-61-49(52)53;;1-3-5-7-9-11-13-15-17-19-21-23-25-27-29-31-33-35-37-39-41-43-45-47-49-51-53-55-57-59-61-63-62-60-58-56-54-52-50-48-46-44-42-40-38-36-34-32-30-28-26-24-22-20-18-16-14-12-10-8-6-4-2/h7-14,34,39-42,54-59,62,68H,2-6,15-33H2,1H3,(H,60,71)(H,63,70)(H,64,72)(H,65,73)(H,66,74)(H4,52,53,61);;(H3,1,2,5,6,9,10,13,14,17,18,21,22,25,26,29,30,33,34,37,38,41,42,45,46,49,50,53,54,57,58,61,62)/p+1/t39-,40-,41+,42-,50?,51?;;/m1../s1. The molecule has 0 saturated carbocycles. The third kappa shape index (κ3) is 61.2. The number of guanidine groups is 1. The minimum Gasteiger partial charge on any atom is -0.508 e. The maximum atomic E-state index is 14.2. The van der Waals surface area contributed by atoms with Crippen molar-refractivity contribution in [1.29, 1.82) is 5.53 Å². The van der Waals surface area contributed by atoms with Crippen LogP contribution in [0, 0.1) is 10.9 Å². The average molecular weight is 2000 g/mol. The van der Waals surface area contributed by atoms with E-state index in [4.69, 9.17) is 21.7 Å². The van der Waals surface area contributed by atoms with Crippen molar-refractivity contribution in [3.63, 3.8) is 0 Å². The summed E-state index contributed by atoms with van der Waals surface area (Å²) in [7, 11) is 0. The number of phenolic OH excluding ortho intramolecular Hbond substituents is 1. The number of aliphatic imine (C=N–C) groups is 1. The van der Waals surface area contributed by atoms with E-state index in [1.165, 1.54) is 12.1 Å². The first-order chi connectivity index (χ1) is 67.6. The van der Waals surface area contributed by atoms with Gasteiger partial charge in [0.15, 0.2) is 11.7 Å². The molecule has 6 rings (SSSR count). The summed E-state index contributed by atoms with van der Waals surface area (Å²) in [6.07, 6.45) is 0.322. The molecule has 1 radical (unpaired) electrons. The molecule has 0 aliphatic carbocycles. The number of phenols is 1. The predicted octanol–water partition coefficient (Wildman–Crippen LogP) is 6.65. The summed E-state index contributed by atoms with van der Waals surface area (Å²) in [5.41, 5.74) is 19.1. The van der Waals surface area contributed by atoms with Crippen LogP contribution in [-0.4, -0.2) is 181 Å². The molecule has 4 heterocycles. The molecule has 743 valence electrons. The monoisotopic (exact) mass is 2000 g/mol. The molecule has 2 aromatic carbocycles. The number of aromatic hydroxyl groups is 1. The first-order valence-corrected chi connectivity index (χ1v) is 38.7. The zero-order valence-electron chi connectivity index (χ0n) is 72.1. The van der Waals surface area contributed by atoms with Crippen molar-refractivity contribution in [3.05, 3.63) is 65.2 Å². The normalized spacial score (nSPS) is 20.7. The van der Waals surface area contributed by atoms with E-state index < -0.39 is 60.2 Å². The summed E-state index contributed by atoms with van der Waals surface area (Å²) in [5, 5.41) is 231. The van der Waals surface area contributed by atoms with Crippen LogP contribution in [0.5, 0.6) is 5.75 Å². The molecule has 88 heteroatoms. The molecule has 0 aromatic heterocycles. The third-order valence-electron chi connectivity index (χ3n) is 15.9. The number of nitrogens with two attached hydrogens (primary N) is 2. The van der Waals surface area contributed by atoms with Crippen LogP contribution in [0.1, 0.15) is 73.4 Å². The molecule has 4 saturated heterocycles. The first-order valence-electron chi connectivity index (χ1n) is 38.7. The summed E-state index contributed by atoms with van der Waals surface area (Å²) >= 11 is 0. The maximum Gasteiger partial charge on any atom is 0.293 e. The minimum absolute atomic E-state index is 0. The van der Waals surface area contributed by atoms with Crippen LogP contribution < -0.4 is 81.1 Å². The molecule has 139 heavy (non-hydrogen) atoms. The number of hydrogen-bond donors (Lipinski definition) is 17. The Labute approximate surface area is 785 Å². The number of rotatable bonds is 48. The van der Waals surface area contributed by atoms with Crippen LogP contribution >= 0.6 is 0 Å².